The first-order valence-electron chi connectivity index (χ1n) is 10.1. The van der Waals surface area contributed by atoms with Gasteiger partial charge < -0.3 is 15.4 Å². The summed E-state index contributed by atoms with van der Waals surface area (Å²) in [6, 6.07) is 4.69. The quantitative estimate of drug-likeness (QED) is 0.657. The summed E-state index contributed by atoms with van der Waals surface area (Å²) >= 11 is 3.34. The third kappa shape index (κ3) is 5.04. The van der Waals surface area contributed by atoms with Crippen molar-refractivity contribution < 1.29 is 22.7 Å². The first-order valence-corrected chi connectivity index (χ1v) is 10.9. The molecule has 7 nitrogen and oxygen atoms in total. The molecule has 0 radical (unpaired) electrons. The Hall–Kier alpha value is -2.11. The average Bonchev–Trinajstić information content (AvgIpc) is 3.17. The zero-order chi connectivity index (χ0) is 22.0. The smallest absolute Gasteiger partial charge is 0.379 e. The minimum atomic E-state index is -4.49. The van der Waals surface area contributed by atoms with Gasteiger partial charge in [-0.05, 0) is 17.7 Å². The number of ether oxygens (including phenoxy) is 1. The van der Waals surface area contributed by atoms with E-state index < -0.39 is 24.2 Å². The Balaban J connectivity index is 1.51. The molecular formula is C20H23BrF3N5O2. The van der Waals surface area contributed by atoms with E-state index in [2.05, 4.69) is 36.6 Å². The second kappa shape index (κ2) is 9.17. The number of morpholine rings is 1. The van der Waals surface area contributed by atoms with Crippen LogP contribution in [0.4, 0.5) is 19.0 Å². The number of alkyl halides is 3. The first kappa shape index (κ1) is 22.1. The van der Waals surface area contributed by atoms with Crippen molar-refractivity contribution in [2.75, 3.05) is 44.7 Å². The Kier molecular flexibility index (Phi) is 6.54. The number of nitrogens with one attached hydrogen (secondary N) is 2. The number of halogens is 4. The number of rotatable bonds is 5. The number of anilines is 1. The molecule has 1 aromatic carbocycles. The number of fused-ring (bicyclic) bond motifs is 1. The zero-order valence-corrected chi connectivity index (χ0v) is 18.2. The van der Waals surface area contributed by atoms with Crippen LogP contribution >= 0.6 is 15.9 Å². The van der Waals surface area contributed by atoms with Gasteiger partial charge in [0.25, 0.3) is 5.91 Å². The minimum Gasteiger partial charge on any atom is -0.379 e. The van der Waals surface area contributed by atoms with E-state index in [1.165, 1.54) is 6.20 Å². The topological polar surface area (TPSA) is 71.4 Å². The summed E-state index contributed by atoms with van der Waals surface area (Å²) in [5.41, 5.74) is 0.821. The summed E-state index contributed by atoms with van der Waals surface area (Å²) in [6.45, 7) is 3.95. The molecule has 3 heterocycles. The summed E-state index contributed by atoms with van der Waals surface area (Å²) in [5.74, 6) is -0.357. The molecule has 0 unspecified atom stereocenters. The summed E-state index contributed by atoms with van der Waals surface area (Å²) in [5, 5.41) is 9.80. The number of hydrogen-bond acceptors (Lipinski definition) is 5. The van der Waals surface area contributed by atoms with Crippen LogP contribution < -0.4 is 10.6 Å². The van der Waals surface area contributed by atoms with Crippen molar-refractivity contribution in [1.29, 1.82) is 0 Å². The van der Waals surface area contributed by atoms with Crippen LogP contribution in [0.25, 0.3) is 0 Å². The molecule has 2 aromatic rings. The van der Waals surface area contributed by atoms with Crippen molar-refractivity contribution >= 4 is 27.7 Å². The van der Waals surface area contributed by atoms with Crippen LogP contribution in [-0.4, -0.2) is 66.2 Å². The molecule has 168 valence electrons. The maximum Gasteiger partial charge on any atom is 0.410 e. The average molecular weight is 502 g/mol. The van der Waals surface area contributed by atoms with E-state index in [0.29, 0.717) is 31.9 Å². The van der Waals surface area contributed by atoms with Gasteiger partial charge >= 0.3 is 6.18 Å². The largest absolute Gasteiger partial charge is 0.410 e. The predicted octanol–water partition coefficient (Wildman–Crippen LogP) is 3.37. The van der Waals surface area contributed by atoms with Crippen LogP contribution in [0.1, 0.15) is 34.4 Å². The fourth-order valence-electron chi connectivity index (χ4n) is 3.89. The molecule has 0 spiro atoms. The van der Waals surface area contributed by atoms with Crippen molar-refractivity contribution in [3.63, 3.8) is 0 Å². The Morgan fingerprint density at radius 1 is 1.26 bits per heavy atom. The van der Waals surface area contributed by atoms with Crippen LogP contribution in [0.2, 0.25) is 0 Å². The molecule has 31 heavy (non-hydrogen) atoms. The summed E-state index contributed by atoms with van der Waals surface area (Å²) in [6.07, 6.45) is -3.49. The number of carbonyl (C=O) groups excluding carboxylic acids is 1. The normalized spacial score (nSPS) is 21.9. The maximum absolute atomic E-state index is 13.8. The standard InChI is InChI=1S/C20H23BrF3N5O2/c21-14-3-1-13(2-4-14)16-11-17(20(22,23)24)29-18(27-16)15(12-26-29)19(30)25-5-6-28-7-9-31-10-8-28/h1-4,12,16-17,27H,5-11H2,(H,25,30)/t16-,17-/m0/s1. The first-order chi connectivity index (χ1) is 14.8. The molecule has 1 fully saturated rings. The number of benzene rings is 1. The molecule has 2 aliphatic heterocycles. The Morgan fingerprint density at radius 3 is 2.65 bits per heavy atom. The van der Waals surface area contributed by atoms with Gasteiger partial charge in [-0.15, -0.1) is 0 Å². The van der Waals surface area contributed by atoms with E-state index in [1.807, 2.05) is 0 Å². The number of hydrogen-bond donors (Lipinski definition) is 2. The predicted molar refractivity (Wildman–Crippen MR) is 112 cm³/mol. The highest BCUT2D eigenvalue weighted by molar-refractivity contribution is 9.10. The lowest BCUT2D eigenvalue weighted by atomic mass is 9.96. The van der Waals surface area contributed by atoms with Crippen molar-refractivity contribution in [3.05, 3.63) is 46.1 Å². The van der Waals surface area contributed by atoms with E-state index in [4.69, 9.17) is 4.74 Å². The molecule has 2 N–H and O–H groups in total. The lowest BCUT2D eigenvalue weighted by Gasteiger charge is -2.34. The van der Waals surface area contributed by atoms with Gasteiger partial charge in [-0.1, -0.05) is 28.1 Å². The van der Waals surface area contributed by atoms with Gasteiger partial charge in [-0.3, -0.25) is 9.69 Å². The van der Waals surface area contributed by atoms with Gasteiger partial charge in [0.2, 0.25) is 0 Å². The van der Waals surface area contributed by atoms with Crippen LogP contribution in [0.5, 0.6) is 0 Å². The van der Waals surface area contributed by atoms with Gasteiger partial charge in [0.05, 0.1) is 25.5 Å². The molecule has 1 aromatic heterocycles. The molecule has 0 saturated carbocycles. The van der Waals surface area contributed by atoms with Gasteiger partial charge in [0.1, 0.15) is 11.4 Å². The highest BCUT2D eigenvalue weighted by Crippen LogP contribution is 2.44. The maximum atomic E-state index is 13.8. The number of nitrogens with zero attached hydrogens (tertiary/aromatic N) is 3. The lowest BCUT2D eigenvalue weighted by molar-refractivity contribution is -0.173. The fraction of sp³-hybridized carbons (Fsp3) is 0.500. The molecule has 1 saturated heterocycles. The molecule has 0 aliphatic carbocycles. The Morgan fingerprint density at radius 2 is 1.97 bits per heavy atom. The van der Waals surface area contributed by atoms with Crippen LogP contribution in [-0.2, 0) is 4.74 Å². The molecular weight excluding hydrogens is 479 g/mol. The number of amides is 1. The third-order valence-corrected chi connectivity index (χ3v) is 6.10. The van der Waals surface area contributed by atoms with E-state index in [9.17, 15) is 18.0 Å². The third-order valence-electron chi connectivity index (χ3n) is 5.57. The van der Waals surface area contributed by atoms with Gasteiger partial charge in [0.15, 0.2) is 6.04 Å². The molecule has 2 aliphatic rings. The van der Waals surface area contributed by atoms with Crippen LogP contribution in [0.15, 0.2) is 34.9 Å². The van der Waals surface area contributed by atoms with Crippen LogP contribution in [0.3, 0.4) is 0 Å². The number of carbonyl (C=O) groups is 1. The molecule has 11 heteroatoms. The molecule has 0 bridgehead atoms. The van der Waals surface area contributed by atoms with Gasteiger partial charge in [-0.25, -0.2) is 4.68 Å². The summed E-state index contributed by atoms with van der Waals surface area (Å²) < 4.78 is 48.4. The monoisotopic (exact) mass is 501 g/mol. The zero-order valence-electron chi connectivity index (χ0n) is 16.7. The summed E-state index contributed by atoms with van der Waals surface area (Å²) in [7, 11) is 0. The van der Waals surface area contributed by atoms with Crippen molar-refractivity contribution in [2.45, 2.75) is 24.7 Å². The lowest BCUT2D eigenvalue weighted by Crippen LogP contribution is -2.41. The van der Waals surface area contributed by atoms with E-state index in [1.54, 1.807) is 24.3 Å². The molecule has 4 rings (SSSR count). The van der Waals surface area contributed by atoms with Gasteiger partial charge in [-0.2, -0.15) is 18.3 Å². The van der Waals surface area contributed by atoms with Crippen molar-refractivity contribution in [2.24, 2.45) is 0 Å². The Labute approximate surface area is 186 Å². The summed E-state index contributed by atoms with van der Waals surface area (Å²) in [4.78, 5) is 14.9. The second-order valence-corrected chi connectivity index (χ2v) is 8.52. The molecule has 2 atom stereocenters. The van der Waals surface area contributed by atoms with Gasteiger partial charge in [0, 0.05) is 37.1 Å². The highest BCUT2D eigenvalue weighted by atomic mass is 79.9. The Bertz CT molecular complexity index is 913. The van der Waals surface area contributed by atoms with Crippen LogP contribution in [0, 0.1) is 0 Å². The second-order valence-electron chi connectivity index (χ2n) is 7.60. The fourth-order valence-corrected chi connectivity index (χ4v) is 4.15. The van der Waals surface area contributed by atoms with E-state index >= 15 is 0 Å². The minimum absolute atomic E-state index is 0.0883. The van der Waals surface area contributed by atoms with Crippen molar-refractivity contribution in [1.82, 2.24) is 20.0 Å². The number of aromatic nitrogens is 2. The van der Waals surface area contributed by atoms with E-state index in [-0.39, 0.29) is 17.8 Å². The van der Waals surface area contributed by atoms with E-state index in [0.717, 1.165) is 22.2 Å². The SMILES string of the molecule is O=C(NCCN1CCOCC1)c1cnn2c1N[C@H](c1ccc(Br)cc1)C[C@H]2C(F)(F)F. The highest BCUT2D eigenvalue weighted by Gasteiger charge is 2.47. The van der Waals surface area contributed by atoms with Crippen molar-refractivity contribution in [3.8, 4) is 0 Å². The molecule has 1 amide bonds.